The number of carboxylic acid groups (broad SMARTS) is 1. The van der Waals surface area contributed by atoms with Crippen molar-refractivity contribution in [2.24, 2.45) is 0 Å². The van der Waals surface area contributed by atoms with Gasteiger partial charge in [-0.1, -0.05) is 30.3 Å². The van der Waals surface area contributed by atoms with Gasteiger partial charge in [0.25, 0.3) is 0 Å². The standard InChI is InChI=1S/C11H11F3O3/c12-11(13,14)6-10(7-15,9(16)17)8-4-2-1-3-5-8/h1-5,15H,6-7H2,(H,16,17). The molecule has 0 radical (unpaired) electrons. The molecule has 1 rings (SSSR count). The second kappa shape index (κ2) is 4.75. The largest absolute Gasteiger partial charge is 0.481 e. The number of aliphatic hydroxyl groups excluding tert-OH is 1. The van der Waals surface area contributed by atoms with E-state index in [1.54, 1.807) is 6.07 Å². The number of aliphatic carboxylic acids is 1. The van der Waals surface area contributed by atoms with E-state index in [2.05, 4.69) is 0 Å². The van der Waals surface area contributed by atoms with Crippen molar-refractivity contribution in [3.63, 3.8) is 0 Å². The molecule has 2 N–H and O–H groups in total. The Balaban J connectivity index is 3.24. The van der Waals surface area contributed by atoms with Crippen molar-refractivity contribution in [3.05, 3.63) is 35.9 Å². The number of carbonyl (C=O) groups is 1. The van der Waals surface area contributed by atoms with Gasteiger partial charge in [0.15, 0.2) is 0 Å². The van der Waals surface area contributed by atoms with Gasteiger partial charge in [-0.05, 0) is 5.56 Å². The van der Waals surface area contributed by atoms with Crippen LogP contribution in [0.25, 0.3) is 0 Å². The fourth-order valence-electron chi connectivity index (χ4n) is 1.62. The van der Waals surface area contributed by atoms with Crippen LogP contribution in [0.15, 0.2) is 30.3 Å². The van der Waals surface area contributed by atoms with Gasteiger partial charge in [0.2, 0.25) is 0 Å². The monoisotopic (exact) mass is 248 g/mol. The molecule has 0 heterocycles. The minimum Gasteiger partial charge on any atom is -0.481 e. The predicted molar refractivity (Wildman–Crippen MR) is 53.5 cm³/mol. The lowest BCUT2D eigenvalue weighted by atomic mass is 9.78. The van der Waals surface area contributed by atoms with E-state index in [0.29, 0.717) is 0 Å². The normalized spacial score (nSPS) is 15.3. The summed E-state index contributed by atoms with van der Waals surface area (Å²) in [5, 5.41) is 18.1. The van der Waals surface area contributed by atoms with E-state index in [4.69, 9.17) is 10.2 Å². The number of carboxylic acids is 1. The Bertz CT molecular complexity index is 389. The van der Waals surface area contributed by atoms with Crippen molar-refractivity contribution in [1.29, 1.82) is 0 Å². The summed E-state index contributed by atoms with van der Waals surface area (Å²) in [4.78, 5) is 11.1. The molecule has 17 heavy (non-hydrogen) atoms. The molecule has 0 bridgehead atoms. The first-order valence-electron chi connectivity index (χ1n) is 4.78. The van der Waals surface area contributed by atoms with Crippen LogP contribution in [0.3, 0.4) is 0 Å². The van der Waals surface area contributed by atoms with Gasteiger partial charge in [-0.25, -0.2) is 0 Å². The number of hydrogen-bond donors (Lipinski definition) is 2. The molecule has 0 saturated heterocycles. The van der Waals surface area contributed by atoms with Crippen LogP contribution in [0.1, 0.15) is 12.0 Å². The van der Waals surface area contributed by atoms with Gasteiger partial charge in [-0.3, -0.25) is 4.79 Å². The highest BCUT2D eigenvalue weighted by atomic mass is 19.4. The third-order valence-electron chi connectivity index (χ3n) is 2.51. The molecule has 0 aliphatic rings. The lowest BCUT2D eigenvalue weighted by molar-refractivity contribution is -0.171. The molecule has 0 aromatic heterocycles. The van der Waals surface area contributed by atoms with Crippen LogP contribution in [0.5, 0.6) is 0 Å². The van der Waals surface area contributed by atoms with Crippen LogP contribution in [0, 0.1) is 0 Å². The lowest BCUT2D eigenvalue weighted by Crippen LogP contribution is -2.43. The van der Waals surface area contributed by atoms with Crippen LogP contribution in [0.4, 0.5) is 13.2 Å². The zero-order chi connectivity index (χ0) is 13.1. The Morgan fingerprint density at radius 2 is 1.71 bits per heavy atom. The number of hydrogen-bond acceptors (Lipinski definition) is 2. The van der Waals surface area contributed by atoms with Crippen LogP contribution >= 0.6 is 0 Å². The third-order valence-corrected chi connectivity index (χ3v) is 2.51. The van der Waals surface area contributed by atoms with E-state index in [0.717, 1.165) is 0 Å². The summed E-state index contributed by atoms with van der Waals surface area (Å²) in [6.07, 6.45) is -6.27. The summed E-state index contributed by atoms with van der Waals surface area (Å²) in [6, 6.07) is 6.94. The SMILES string of the molecule is O=C(O)C(CO)(CC(F)(F)F)c1ccccc1. The first-order chi connectivity index (χ1) is 7.82. The average Bonchev–Trinajstić information content (AvgIpc) is 2.25. The van der Waals surface area contributed by atoms with E-state index in [1.807, 2.05) is 0 Å². The summed E-state index contributed by atoms with van der Waals surface area (Å²) < 4.78 is 37.2. The van der Waals surface area contributed by atoms with E-state index >= 15 is 0 Å². The lowest BCUT2D eigenvalue weighted by Gasteiger charge is -2.28. The van der Waals surface area contributed by atoms with Gasteiger partial charge in [0.1, 0.15) is 5.41 Å². The molecule has 0 aliphatic carbocycles. The molecule has 1 atom stereocenters. The van der Waals surface area contributed by atoms with Crippen LogP contribution < -0.4 is 0 Å². The highest BCUT2D eigenvalue weighted by Gasteiger charge is 2.48. The minimum atomic E-state index is -4.67. The molecule has 0 amide bonds. The second-order valence-electron chi connectivity index (χ2n) is 3.70. The van der Waals surface area contributed by atoms with Crippen LogP contribution in [0.2, 0.25) is 0 Å². The Labute approximate surface area is 95.5 Å². The highest BCUT2D eigenvalue weighted by molar-refractivity contribution is 5.81. The van der Waals surface area contributed by atoms with Gasteiger partial charge in [-0.15, -0.1) is 0 Å². The first kappa shape index (κ1) is 13.5. The number of halogens is 3. The Kier molecular flexibility index (Phi) is 3.77. The molecule has 0 spiro atoms. The molecule has 1 aromatic carbocycles. The minimum absolute atomic E-state index is 0.0627. The average molecular weight is 248 g/mol. The molecule has 0 fully saturated rings. The zero-order valence-electron chi connectivity index (χ0n) is 8.74. The molecule has 3 nitrogen and oxygen atoms in total. The summed E-state index contributed by atoms with van der Waals surface area (Å²) in [6.45, 7) is -1.11. The quantitative estimate of drug-likeness (QED) is 0.856. The molecular formula is C11H11F3O3. The topological polar surface area (TPSA) is 57.5 Å². The van der Waals surface area contributed by atoms with Crippen molar-refractivity contribution in [2.45, 2.75) is 18.0 Å². The molecule has 0 aliphatic heterocycles. The van der Waals surface area contributed by atoms with E-state index in [9.17, 15) is 18.0 Å². The fourth-order valence-corrected chi connectivity index (χ4v) is 1.62. The van der Waals surface area contributed by atoms with Crippen molar-refractivity contribution in [1.82, 2.24) is 0 Å². The number of rotatable bonds is 4. The summed E-state index contributed by atoms with van der Waals surface area (Å²) >= 11 is 0. The van der Waals surface area contributed by atoms with Gasteiger partial charge in [0, 0.05) is 0 Å². The molecule has 1 aromatic rings. The summed E-state index contributed by atoms with van der Waals surface area (Å²) in [5.74, 6) is -1.69. The highest BCUT2D eigenvalue weighted by Crippen LogP contribution is 2.36. The Morgan fingerprint density at radius 1 is 1.18 bits per heavy atom. The Morgan fingerprint density at radius 3 is 2.06 bits per heavy atom. The predicted octanol–water partition coefficient (Wildman–Crippen LogP) is 1.95. The molecular weight excluding hydrogens is 237 g/mol. The molecule has 94 valence electrons. The number of aliphatic hydroxyl groups is 1. The molecule has 6 heteroatoms. The summed E-state index contributed by atoms with van der Waals surface area (Å²) in [7, 11) is 0. The van der Waals surface area contributed by atoms with Crippen molar-refractivity contribution < 1.29 is 28.2 Å². The fraction of sp³-hybridized carbons (Fsp3) is 0.364. The zero-order valence-corrected chi connectivity index (χ0v) is 8.74. The van der Waals surface area contributed by atoms with Gasteiger partial charge >= 0.3 is 12.1 Å². The number of benzene rings is 1. The van der Waals surface area contributed by atoms with Gasteiger partial charge in [-0.2, -0.15) is 13.2 Å². The van der Waals surface area contributed by atoms with E-state index in [1.165, 1.54) is 24.3 Å². The summed E-state index contributed by atoms with van der Waals surface area (Å²) in [5.41, 5.74) is -2.40. The third kappa shape index (κ3) is 2.97. The van der Waals surface area contributed by atoms with Crippen molar-refractivity contribution in [2.75, 3.05) is 6.61 Å². The maximum absolute atomic E-state index is 12.4. The molecule has 1 unspecified atom stereocenters. The van der Waals surface area contributed by atoms with Crippen LogP contribution in [-0.4, -0.2) is 29.0 Å². The van der Waals surface area contributed by atoms with Crippen molar-refractivity contribution >= 4 is 5.97 Å². The van der Waals surface area contributed by atoms with Gasteiger partial charge < -0.3 is 10.2 Å². The van der Waals surface area contributed by atoms with Crippen LogP contribution in [-0.2, 0) is 10.2 Å². The van der Waals surface area contributed by atoms with E-state index in [-0.39, 0.29) is 5.56 Å². The molecule has 0 saturated carbocycles. The Hall–Kier alpha value is -1.56. The second-order valence-corrected chi connectivity index (χ2v) is 3.70. The number of alkyl halides is 3. The van der Waals surface area contributed by atoms with Crippen molar-refractivity contribution in [3.8, 4) is 0 Å². The maximum atomic E-state index is 12.4. The van der Waals surface area contributed by atoms with Gasteiger partial charge in [0.05, 0.1) is 13.0 Å². The maximum Gasteiger partial charge on any atom is 0.390 e. The smallest absolute Gasteiger partial charge is 0.390 e. The first-order valence-corrected chi connectivity index (χ1v) is 4.78. The van der Waals surface area contributed by atoms with E-state index < -0.39 is 30.6 Å².